The van der Waals surface area contributed by atoms with Gasteiger partial charge in [-0.2, -0.15) is 0 Å². The van der Waals surface area contributed by atoms with Gasteiger partial charge in [0.1, 0.15) is 5.78 Å². The number of hydrogen-bond donors (Lipinski definition) is 0. The minimum absolute atomic E-state index is 0.268. The molecule has 114 valence electrons. The van der Waals surface area contributed by atoms with E-state index in [1.165, 1.54) is 18.4 Å². The molecule has 0 saturated carbocycles. The highest BCUT2D eigenvalue weighted by atomic mass is 16.5. The molecule has 0 amide bonds. The minimum Gasteiger partial charge on any atom is -0.384 e. The summed E-state index contributed by atoms with van der Waals surface area (Å²) in [5.41, 5.74) is 1.39. The van der Waals surface area contributed by atoms with Crippen LogP contribution in [0.5, 0.6) is 0 Å². The van der Waals surface area contributed by atoms with E-state index in [-0.39, 0.29) is 5.92 Å². The fourth-order valence-electron chi connectivity index (χ4n) is 4.00. The van der Waals surface area contributed by atoms with Crippen molar-refractivity contribution in [3.8, 4) is 0 Å². The lowest BCUT2D eigenvalue weighted by molar-refractivity contribution is -0.126. The van der Waals surface area contributed by atoms with Crippen LogP contribution in [0.2, 0.25) is 0 Å². The van der Waals surface area contributed by atoms with Crippen molar-refractivity contribution in [1.29, 1.82) is 0 Å². The molecule has 1 aromatic rings. The van der Waals surface area contributed by atoms with Crippen molar-refractivity contribution in [2.75, 3.05) is 13.7 Å². The van der Waals surface area contributed by atoms with E-state index in [0.29, 0.717) is 30.9 Å². The van der Waals surface area contributed by atoms with Gasteiger partial charge >= 0.3 is 0 Å². The van der Waals surface area contributed by atoms with Crippen LogP contribution < -0.4 is 0 Å². The molecule has 2 atom stereocenters. The van der Waals surface area contributed by atoms with Crippen molar-refractivity contribution in [2.45, 2.75) is 50.7 Å². The maximum absolute atomic E-state index is 12.2. The van der Waals surface area contributed by atoms with Crippen molar-refractivity contribution >= 4 is 5.78 Å². The van der Waals surface area contributed by atoms with Gasteiger partial charge in [-0.25, -0.2) is 0 Å². The Bertz CT molecular complexity index is 459. The molecule has 2 unspecified atom stereocenters. The van der Waals surface area contributed by atoms with Crippen LogP contribution >= 0.6 is 0 Å². The molecular formula is C18H25NO2. The van der Waals surface area contributed by atoms with E-state index in [1.54, 1.807) is 7.11 Å². The number of rotatable bonds is 6. The molecule has 0 aromatic heterocycles. The van der Waals surface area contributed by atoms with Gasteiger partial charge in [-0.1, -0.05) is 30.3 Å². The molecule has 21 heavy (non-hydrogen) atoms. The molecule has 3 nitrogen and oxygen atoms in total. The number of hydrogen-bond acceptors (Lipinski definition) is 3. The van der Waals surface area contributed by atoms with Gasteiger partial charge in [-0.3, -0.25) is 9.69 Å². The second kappa shape index (κ2) is 6.71. The highest BCUT2D eigenvalue weighted by molar-refractivity contribution is 5.81. The Hall–Kier alpha value is -1.19. The summed E-state index contributed by atoms with van der Waals surface area (Å²) in [6.07, 6.45) is 5.19. The van der Waals surface area contributed by atoms with E-state index in [0.717, 1.165) is 19.4 Å². The van der Waals surface area contributed by atoms with Gasteiger partial charge in [0.05, 0.1) is 6.61 Å². The van der Waals surface area contributed by atoms with Gasteiger partial charge in [0.2, 0.25) is 0 Å². The number of carbonyl (C=O) groups excluding carboxylic acids is 1. The standard InChI is InChI=1S/C18H25NO2/c1-21-10-9-18(20)15-11-16-7-8-17(12-15)19(16)13-14-5-3-2-4-6-14/h2-6,15-17H,7-13H2,1H3. The van der Waals surface area contributed by atoms with E-state index >= 15 is 0 Å². The maximum Gasteiger partial charge on any atom is 0.138 e. The summed E-state index contributed by atoms with van der Waals surface area (Å²) in [6, 6.07) is 11.9. The number of carbonyl (C=O) groups is 1. The fourth-order valence-corrected chi connectivity index (χ4v) is 4.00. The molecule has 0 radical (unpaired) electrons. The van der Waals surface area contributed by atoms with Gasteiger partial charge in [-0.05, 0) is 31.2 Å². The lowest BCUT2D eigenvalue weighted by atomic mass is 9.86. The van der Waals surface area contributed by atoms with Crippen LogP contribution in [0.4, 0.5) is 0 Å². The summed E-state index contributed by atoms with van der Waals surface area (Å²) in [4.78, 5) is 14.9. The quantitative estimate of drug-likeness (QED) is 0.805. The van der Waals surface area contributed by atoms with Gasteiger partial charge < -0.3 is 4.74 Å². The maximum atomic E-state index is 12.2. The fraction of sp³-hybridized carbons (Fsp3) is 0.611. The zero-order valence-corrected chi connectivity index (χ0v) is 12.8. The Balaban J connectivity index is 1.60. The second-order valence-corrected chi connectivity index (χ2v) is 6.42. The molecule has 1 aromatic carbocycles. The summed E-state index contributed by atoms with van der Waals surface area (Å²) in [5, 5.41) is 0. The van der Waals surface area contributed by atoms with Crippen molar-refractivity contribution in [1.82, 2.24) is 4.90 Å². The summed E-state index contributed by atoms with van der Waals surface area (Å²) in [5.74, 6) is 0.679. The number of fused-ring (bicyclic) bond motifs is 2. The molecule has 2 bridgehead atoms. The van der Waals surface area contributed by atoms with Crippen molar-refractivity contribution in [3.05, 3.63) is 35.9 Å². The Morgan fingerprint density at radius 1 is 1.19 bits per heavy atom. The van der Waals surface area contributed by atoms with Crippen LogP contribution in [-0.2, 0) is 16.1 Å². The van der Waals surface area contributed by atoms with E-state index in [2.05, 4.69) is 35.2 Å². The molecule has 0 aliphatic carbocycles. The predicted molar refractivity (Wildman–Crippen MR) is 83.0 cm³/mol. The van der Waals surface area contributed by atoms with Crippen molar-refractivity contribution in [3.63, 3.8) is 0 Å². The lowest BCUT2D eigenvalue weighted by Gasteiger charge is -2.38. The largest absolute Gasteiger partial charge is 0.384 e. The summed E-state index contributed by atoms with van der Waals surface area (Å²) < 4.78 is 5.04. The first-order chi connectivity index (χ1) is 10.3. The third-order valence-electron chi connectivity index (χ3n) is 5.10. The number of Topliss-reactive ketones (excluding diaryl/α,β-unsaturated/α-hetero) is 1. The number of ketones is 1. The van der Waals surface area contributed by atoms with Gasteiger partial charge in [0.25, 0.3) is 0 Å². The second-order valence-electron chi connectivity index (χ2n) is 6.42. The van der Waals surface area contributed by atoms with Gasteiger partial charge in [0.15, 0.2) is 0 Å². The van der Waals surface area contributed by atoms with Crippen LogP contribution in [0.15, 0.2) is 30.3 Å². The van der Waals surface area contributed by atoms with Crippen LogP contribution in [-0.4, -0.2) is 36.5 Å². The molecule has 0 N–H and O–H groups in total. The zero-order valence-electron chi connectivity index (χ0n) is 12.8. The van der Waals surface area contributed by atoms with Gasteiger partial charge in [-0.15, -0.1) is 0 Å². The number of nitrogens with zero attached hydrogens (tertiary/aromatic N) is 1. The van der Waals surface area contributed by atoms with E-state index in [1.807, 2.05) is 0 Å². The zero-order chi connectivity index (χ0) is 14.7. The highest BCUT2D eigenvalue weighted by Crippen LogP contribution is 2.40. The first-order valence-electron chi connectivity index (χ1n) is 8.09. The summed E-state index contributed by atoms with van der Waals surface area (Å²) in [6.45, 7) is 1.60. The van der Waals surface area contributed by atoms with E-state index in [9.17, 15) is 4.79 Å². The lowest BCUT2D eigenvalue weighted by Crippen LogP contribution is -2.44. The number of ether oxygens (including phenoxy) is 1. The third-order valence-corrected chi connectivity index (χ3v) is 5.10. The molecule has 2 fully saturated rings. The smallest absolute Gasteiger partial charge is 0.138 e. The first-order valence-corrected chi connectivity index (χ1v) is 8.09. The molecule has 2 saturated heterocycles. The monoisotopic (exact) mass is 287 g/mol. The predicted octanol–water partition coefficient (Wildman–Crippen LogP) is 3.04. The molecule has 0 spiro atoms. The molecule has 3 heteroatoms. The van der Waals surface area contributed by atoms with Crippen LogP contribution in [0.1, 0.15) is 37.7 Å². The molecule has 2 aliphatic heterocycles. The molecule has 3 rings (SSSR count). The number of piperidine rings is 1. The Kier molecular flexibility index (Phi) is 4.71. The van der Waals surface area contributed by atoms with Crippen LogP contribution in [0.25, 0.3) is 0 Å². The molecular weight excluding hydrogens is 262 g/mol. The minimum atomic E-state index is 0.268. The van der Waals surface area contributed by atoms with E-state index in [4.69, 9.17) is 4.74 Å². The molecule has 2 aliphatic rings. The van der Waals surface area contributed by atoms with Crippen molar-refractivity contribution in [2.24, 2.45) is 5.92 Å². The van der Waals surface area contributed by atoms with Crippen LogP contribution in [0.3, 0.4) is 0 Å². The Morgan fingerprint density at radius 2 is 1.86 bits per heavy atom. The first kappa shape index (κ1) is 14.7. The number of benzene rings is 1. The third kappa shape index (κ3) is 3.35. The topological polar surface area (TPSA) is 29.5 Å². The summed E-state index contributed by atoms with van der Waals surface area (Å²) in [7, 11) is 1.67. The summed E-state index contributed by atoms with van der Waals surface area (Å²) >= 11 is 0. The Morgan fingerprint density at radius 3 is 2.48 bits per heavy atom. The van der Waals surface area contributed by atoms with Gasteiger partial charge in [0, 0.05) is 38.1 Å². The number of methoxy groups -OCH3 is 1. The van der Waals surface area contributed by atoms with Crippen molar-refractivity contribution < 1.29 is 9.53 Å². The Labute approximate surface area is 127 Å². The molecule has 2 heterocycles. The normalized spacial score (nSPS) is 28.7. The SMILES string of the molecule is COCCC(=O)C1CC2CCC(C1)N2Cc1ccccc1. The van der Waals surface area contributed by atoms with Crippen LogP contribution in [0, 0.1) is 5.92 Å². The average Bonchev–Trinajstić information content (AvgIpc) is 2.75. The highest BCUT2D eigenvalue weighted by Gasteiger charge is 2.42. The van der Waals surface area contributed by atoms with E-state index < -0.39 is 0 Å². The average molecular weight is 287 g/mol.